The zero-order valence-electron chi connectivity index (χ0n) is 6.51. The van der Waals surface area contributed by atoms with Crippen LogP contribution in [0.4, 0.5) is 0 Å². The third-order valence-corrected chi connectivity index (χ3v) is 4.70. The van der Waals surface area contributed by atoms with Gasteiger partial charge < -0.3 is 5.43 Å². The van der Waals surface area contributed by atoms with Crippen molar-refractivity contribution in [1.29, 1.82) is 0 Å². The third-order valence-electron chi connectivity index (χ3n) is 2.31. The molecule has 0 aromatic carbocycles. The number of allylic oxidation sites excluding steroid dienone is 2. The van der Waals surface area contributed by atoms with Crippen molar-refractivity contribution in [3.8, 4) is 0 Å². The minimum absolute atomic E-state index is 0.0891. The quantitative estimate of drug-likeness (QED) is 0.637. The van der Waals surface area contributed by atoms with Crippen LogP contribution in [0.3, 0.4) is 0 Å². The highest BCUT2D eigenvalue weighted by atomic mass is 127. The van der Waals surface area contributed by atoms with Crippen molar-refractivity contribution < 1.29 is 0 Å². The molecule has 1 aliphatic heterocycles. The molecule has 2 nitrogen and oxygen atoms in total. The highest BCUT2D eigenvalue weighted by Gasteiger charge is 2.42. The van der Waals surface area contributed by atoms with Gasteiger partial charge in [-0.1, -0.05) is 18.2 Å². The van der Waals surface area contributed by atoms with E-state index in [2.05, 4.69) is 80.9 Å². The summed E-state index contributed by atoms with van der Waals surface area (Å²) in [6.07, 6.45) is 6.45. The van der Waals surface area contributed by atoms with Gasteiger partial charge in [0.15, 0.2) is 0 Å². The molecular weight excluding hydrogens is 378 g/mol. The average molecular weight is 386 g/mol. The van der Waals surface area contributed by atoms with E-state index in [-0.39, 0.29) is 5.41 Å². The Balaban J connectivity index is 2.43. The number of rotatable bonds is 0. The standard InChI is InChI=1S/C8H8I2N2/c1-8-4-2-3-5(9)6(8)11-12-7(8)10/h2-4,6,11H,1H3. The number of hydrogen-bond acceptors (Lipinski definition) is 2. The molecule has 1 heterocycles. The van der Waals surface area contributed by atoms with Gasteiger partial charge in [-0.15, -0.1) is 0 Å². The van der Waals surface area contributed by atoms with Gasteiger partial charge in [-0.25, -0.2) is 0 Å². The first-order valence-electron chi connectivity index (χ1n) is 3.69. The summed E-state index contributed by atoms with van der Waals surface area (Å²) in [4.78, 5) is 0. The van der Waals surface area contributed by atoms with E-state index in [1.54, 1.807) is 0 Å². The summed E-state index contributed by atoms with van der Waals surface area (Å²) >= 11 is 4.66. The summed E-state index contributed by atoms with van der Waals surface area (Å²) in [5.41, 5.74) is 3.24. The fourth-order valence-corrected chi connectivity index (χ4v) is 3.07. The average Bonchev–Trinajstić information content (AvgIpc) is 2.30. The van der Waals surface area contributed by atoms with Gasteiger partial charge in [-0.3, -0.25) is 0 Å². The Bertz CT molecular complexity index is 306. The molecule has 0 bridgehead atoms. The van der Waals surface area contributed by atoms with Crippen molar-refractivity contribution in [2.45, 2.75) is 13.0 Å². The number of hydrazone groups is 1. The third kappa shape index (κ3) is 1.14. The van der Waals surface area contributed by atoms with Crippen molar-refractivity contribution in [3.05, 3.63) is 21.8 Å². The first kappa shape index (κ1) is 8.98. The molecule has 12 heavy (non-hydrogen) atoms. The first-order chi connectivity index (χ1) is 5.64. The molecule has 2 atom stereocenters. The summed E-state index contributed by atoms with van der Waals surface area (Å²) < 4.78 is 2.47. The maximum absolute atomic E-state index is 4.26. The van der Waals surface area contributed by atoms with E-state index >= 15 is 0 Å². The molecule has 2 rings (SSSR count). The van der Waals surface area contributed by atoms with Crippen LogP contribution in [0.1, 0.15) is 6.92 Å². The molecule has 0 aromatic heterocycles. The number of nitrogens with zero attached hydrogens (tertiary/aromatic N) is 1. The Labute approximate surface area is 98.8 Å². The number of nitrogens with one attached hydrogen (secondary N) is 1. The molecule has 0 fully saturated rings. The van der Waals surface area contributed by atoms with E-state index in [0.29, 0.717) is 6.04 Å². The Morgan fingerprint density at radius 2 is 2.33 bits per heavy atom. The van der Waals surface area contributed by atoms with Crippen LogP contribution in [0.5, 0.6) is 0 Å². The zero-order chi connectivity index (χ0) is 8.77. The van der Waals surface area contributed by atoms with Gasteiger partial charge in [0.05, 0.1) is 11.5 Å². The fraction of sp³-hybridized carbons (Fsp3) is 0.375. The van der Waals surface area contributed by atoms with E-state index in [0.717, 1.165) is 3.72 Å². The summed E-state index contributed by atoms with van der Waals surface area (Å²) in [5, 5.41) is 4.26. The minimum Gasteiger partial charge on any atom is -0.300 e. The lowest BCUT2D eigenvalue weighted by Crippen LogP contribution is -2.38. The highest BCUT2D eigenvalue weighted by molar-refractivity contribution is 14.1. The molecule has 0 saturated carbocycles. The summed E-state index contributed by atoms with van der Waals surface area (Å²) in [6.45, 7) is 2.21. The maximum atomic E-state index is 4.26. The molecule has 0 radical (unpaired) electrons. The lowest BCUT2D eigenvalue weighted by Gasteiger charge is -2.29. The van der Waals surface area contributed by atoms with Crippen LogP contribution in [0.2, 0.25) is 0 Å². The topological polar surface area (TPSA) is 24.4 Å². The van der Waals surface area contributed by atoms with E-state index in [1.807, 2.05) is 0 Å². The van der Waals surface area contributed by atoms with Gasteiger partial charge in [-0.2, -0.15) is 5.10 Å². The molecule has 2 unspecified atom stereocenters. The number of fused-ring (bicyclic) bond motifs is 1. The molecule has 1 aliphatic carbocycles. The van der Waals surface area contributed by atoms with Crippen LogP contribution >= 0.6 is 45.2 Å². The second kappa shape index (κ2) is 2.97. The Morgan fingerprint density at radius 3 is 3.00 bits per heavy atom. The second-order valence-corrected chi connectivity index (χ2v) is 5.43. The van der Waals surface area contributed by atoms with E-state index in [4.69, 9.17) is 0 Å². The highest BCUT2D eigenvalue weighted by Crippen LogP contribution is 2.40. The SMILES string of the molecule is CC12C=CC=C(I)C1NN=C2I. The molecule has 2 aliphatic rings. The lowest BCUT2D eigenvalue weighted by molar-refractivity contribution is 0.484. The van der Waals surface area contributed by atoms with Gasteiger partial charge in [0.2, 0.25) is 0 Å². The van der Waals surface area contributed by atoms with E-state index in [1.165, 1.54) is 3.58 Å². The predicted octanol–water partition coefficient (Wildman–Crippen LogP) is 2.60. The summed E-state index contributed by atoms with van der Waals surface area (Å²) in [7, 11) is 0. The van der Waals surface area contributed by atoms with E-state index in [9.17, 15) is 0 Å². The molecule has 1 N–H and O–H groups in total. The molecule has 0 aromatic rings. The Morgan fingerprint density at radius 1 is 1.58 bits per heavy atom. The van der Waals surface area contributed by atoms with Crippen LogP contribution in [0, 0.1) is 5.41 Å². The molecule has 64 valence electrons. The molecule has 0 amide bonds. The van der Waals surface area contributed by atoms with Crippen molar-refractivity contribution in [2.24, 2.45) is 10.5 Å². The Kier molecular flexibility index (Phi) is 2.22. The number of hydrogen-bond donors (Lipinski definition) is 1. The van der Waals surface area contributed by atoms with Gasteiger partial charge in [0, 0.05) is 3.58 Å². The second-order valence-electron chi connectivity index (χ2n) is 3.16. The minimum atomic E-state index is 0.0891. The van der Waals surface area contributed by atoms with Crippen LogP contribution < -0.4 is 5.43 Å². The van der Waals surface area contributed by atoms with Gasteiger partial charge in [-0.05, 0) is 52.1 Å². The zero-order valence-corrected chi connectivity index (χ0v) is 10.8. The molecule has 0 saturated heterocycles. The van der Waals surface area contributed by atoms with Gasteiger partial charge >= 0.3 is 0 Å². The van der Waals surface area contributed by atoms with E-state index < -0.39 is 0 Å². The fourth-order valence-electron chi connectivity index (χ4n) is 1.44. The molecule has 4 heteroatoms. The van der Waals surface area contributed by atoms with Crippen molar-refractivity contribution in [2.75, 3.05) is 0 Å². The van der Waals surface area contributed by atoms with Crippen LogP contribution in [-0.2, 0) is 0 Å². The number of halogens is 2. The van der Waals surface area contributed by atoms with Crippen LogP contribution in [0.15, 0.2) is 26.9 Å². The largest absolute Gasteiger partial charge is 0.300 e. The maximum Gasteiger partial charge on any atom is 0.110 e. The van der Waals surface area contributed by atoms with Crippen molar-refractivity contribution >= 4 is 48.9 Å². The first-order valence-corrected chi connectivity index (χ1v) is 5.84. The van der Waals surface area contributed by atoms with Crippen molar-refractivity contribution in [3.63, 3.8) is 0 Å². The van der Waals surface area contributed by atoms with Gasteiger partial charge in [0.25, 0.3) is 0 Å². The lowest BCUT2D eigenvalue weighted by atomic mass is 9.82. The normalized spacial score (nSPS) is 38.4. The predicted molar refractivity (Wildman–Crippen MR) is 67.7 cm³/mol. The van der Waals surface area contributed by atoms with Crippen molar-refractivity contribution in [1.82, 2.24) is 5.43 Å². The summed E-state index contributed by atoms with van der Waals surface area (Å²) in [5.74, 6) is 0. The monoisotopic (exact) mass is 386 g/mol. The molecule has 0 spiro atoms. The van der Waals surface area contributed by atoms with Crippen LogP contribution in [-0.4, -0.2) is 9.76 Å². The smallest absolute Gasteiger partial charge is 0.110 e. The Hall–Kier alpha value is 0.410. The molecular formula is C8H8I2N2. The van der Waals surface area contributed by atoms with Crippen LogP contribution in [0.25, 0.3) is 0 Å². The van der Waals surface area contributed by atoms with Gasteiger partial charge in [0.1, 0.15) is 3.72 Å². The summed E-state index contributed by atoms with van der Waals surface area (Å²) in [6, 6.07) is 0.356.